The van der Waals surface area contributed by atoms with Crippen molar-refractivity contribution in [3.05, 3.63) is 60.2 Å². The lowest BCUT2D eigenvalue weighted by Gasteiger charge is -2.16. The molecule has 0 saturated carbocycles. The van der Waals surface area contributed by atoms with Gasteiger partial charge in [-0.15, -0.1) is 0 Å². The molecule has 1 amide bonds. The summed E-state index contributed by atoms with van der Waals surface area (Å²) in [6, 6.07) is 15.3. The first-order chi connectivity index (χ1) is 12.4. The number of nitrogens with zero attached hydrogens (tertiary/aromatic N) is 1. The lowest BCUT2D eigenvalue weighted by Crippen LogP contribution is -2.20. The average Bonchev–Trinajstić information content (AvgIpc) is 3.13. The Morgan fingerprint density at radius 1 is 1.15 bits per heavy atom. The molecule has 3 rings (SSSR count). The van der Waals surface area contributed by atoms with Crippen LogP contribution in [-0.2, 0) is 14.8 Å². The highest BCUT2D eigenvalue weighted by Crippen LogP contribution is 2.36. The Labute approximate surface area is 160 Å². The largest absolute Gasteiger partial charge is 0.325 e. The molecule has 9 heteroatoms. The number of carbonyl (C=O) groups excluding carboxylic acids is 1. The zero-order chi connectivity index (χ0) is 18.6. The van der Waals surface area contributed by atoms with Crippen LogP contribution in [0.2, 0.25) is 0 Å². The van der Waals surface area contributed by atoms with Gasteiger partial charge in [-0.2, -0.15) is 0 Å². The van der Waals surface area contributed by atoms with Crippen molar-refractivity contribution in [3.8, 4) is 0 Å². The average molecular weight is 408 g/mol. The highest BCUT2D eigenvalue weighted by Gasteiger charge is 2.25. The van der Waals surface area contributed by atoms with Gasteiger partial charge in [0.25, 0.3) is 0 Å². The van der Waals surface area contributed by atoms with Crippen LogP contribution in [0.3, 0.4) is 0 Å². The summed E-state index contributed by atoms with van der Waals surface area (Å²) in [4.78, 5) is 17.3. The van der Waals surface area contributed by atoms with E-state index in [1.807, 2.05) is 30.3 Å². The van der Waals surface area contributed by atoms with Gasteiger partial charge in [-0.05, 0) is 29.8 Å². The number of thioether (sulfide) groups is 2. The van der Waals surface area contributed by atoms with Crippen LogP contribution in [0.1, 0.15) is 10.8 Å². The summed E-state index contributed by atoms with van der Waals surface area (Å²) >= 11 is 3.07. The van der Waals surface area contributed by atoms with Crippen molar-refractivity contribution in [1.82, 2.24) is 0 Å². The molecular formula is C17H17N3O3S3. The number of nitrogens with one attached hydrogen (secondary N) is 1. The molecule has 2 aromatic rings. The molecule has 0 saturated heterocycles. The molecule has 0 fully saturated rings. The molecule has 1 aliphatic heterocycles. The van der Waals surface area contributed by atoms with Gasteiger partial charge >= 0.3 is 0 Å². The molecule has 0 bridgehead atoms. The fraction of sp³-hybridized carbons (Fsp3) is 0.176. The second-order valence-corrected chi connectivity index (χ2v) is 9.46. The molecule has 3 N–H and O–H groups in total. The Morgan fingerprint density at radius 3 is 2.42 bits per heavy atom. The third-order valence-electron chi connectivity index (χ3n) is 3.57. The normalized spacial score (nSPS) is 15.3. The number of rotatable bonds is 5. The van der Waals surface area contributed by atoms with Gasteiger partial charge in [-0.25, -0.2) is 13.6 Å². The number of hydrogen-bond donors (Lipinski definition) is 2. The molecular weight excluding hydrogens is 390 g/mol. The smallest absolute Gasteiger partial charge is 0.242 e. The Kier molecular flexibility index (Phi) is 6.02. The van der Waals surface area contributed by atoms with Gasteiger partial charge in [0.1, 0.15) is 9.63 Å². The number of primary sulfonamides is 1. The van der Waals surface area contributed by atoms with Crippen LogP contribution >= 0.6 is 23.5 Å². The first-order valence-corrected chi connectivity index (χ1v) is 11.2. The summed E-state index contributed by atoms with van der Waals surface area (Å²) in [5.74, 6) is 0.736. The van der Waals surface area contributed by atoms with E-state index in [-0.39, 0.29) is 10.8 Å². The predicted molar refractivity (Wildman–Crippen MR) is 108 cm³/mol. The summed E-state index contributed by atoms with van der Waals surface area (Å²) in [7, 11) is -3.76. The zero-order valence-electron chi connectivity index (χ0n) is 13.7. The van der Waals surface area contributed by atoms with E-state index in [1.54, 1.807) is 11.8 Å². The van der Waals surface area contributed by atoms with Crippen LogP contribution in [0.4, 0.5) is 5.69 Å². The molecule has 1 heterocycles. The quantitative estimate of drug-likeness (QED) is 0.794. The van der Waals surface area contributed by atoms with E-state index >= 15 is 0 Å². The van der Waals surface area contributed by atoms with E-state index in [2.05, 4.69) is 10.3 Å². The highest BCUT2D eigenvalue weighted by molar-refractivity contribution is 8.39. The van der Waals surface area contributed by atoms with Crippen LogP contribution in [0.5, 0.6) is 0 Å². The van der Waals surface area contributed by atoms with Gasteiger partial charge in [0, 0.05) is 11.4 Å². The summed E-state index contributed by atoms with van der Waals surface area (Å²) in [6.45, 7) is 0.769. The minimum absolute atomic E-state index is 0.00111. The molecule has 0 radical (unpaired) electrons. The van der Waals surface area contributed by atoms with Gasteiger partial charge in [-0.1, -0.05) is 53.9 Å². The molecule has 6 nitrogen and oxygen atoms in total. The third-order valence-corrected chi connectivity index (χ3v) is 6.95. The van der Waals surface area contributed by atoms with Gasteiger partial charge < -0.3 is 5.32 Å². The summed E-state index contributed by atoms with van der Waals surface area (Å²) in [5, 5.41) is 7.48. The van der Waals surface area contributed by atoms with Crippen LogP contribution in [0.15, 0.2) is 64.5 Å². The van der Waals surface area contributed by atoms with Gasteiger partial charge in [0.2, 0.25) is 15.9 Å². The van der Waals surface area contributed by atoms with Gasteiger partial charge in [0.15, 0.2) is 0 Å². The second kappa shape index (κ2) is 8.26. The summed E-state index contributed by atoms with van der Waals surface area (Å²) in [5.41, 5.74) is 1.39. The number of anilines is 1. The van der Waals surface area contributed by atoms with Crippen molar-refractivity contribution in [2.75, 3.05) is 17.6 Å². The topological polar surface area (TPSA) is 102 Å². The second-order valence-electron chi connectivity index (χ2n) is 5.46. The Balaban J connectivity index is 1.79. The van der Waals surface area contributed by atoms with Crippen molar-refractivity contribution in [3.63, 3.8) is 0 Å². The molecule has 0 aliphatic carbocycles. The Morgan fingerprint density at radius 2 is 1.85 bits per heavy atom. The van der Waals surface area contributed by atoms with E-state index in [9.17, 15) is 13.2 Å². The summed E-state index contributed by atoms with van der Waals surface area (Å²) in [6.07, 6.45) is 0. The van der Waals surface area contributed by atoms with Crippen molar-refractivity contribution in [2.45, 2.75) is 10.1 Å². The number of carbonyl (C=O) groups is 1. The number of amides is 1. The van der Waals surface area contributed by atoms with Crippen molar-refractivity contribution in [1.29, 1.82) is 0 Å². The SMILES string of the molecule is NS(=O)(=O)c1ccc(NC(=O)[C@@H](SC2=NCCS2)c2ccccc2)cc1. The lowest BCUT2D eigenvalue weighted by molar-refractivity contribution is -0.115. The maximum Gasteiger partial charge on any atom is 0.242 e. The fourth-order valence-corrected chi connectivity index (χ4v) is 5.02. The first kappa shape index (κ1) is 19.0. The Hall–Kier alpha value is -1.81. The monoisotopic (exact) mass is 407 g/mol. The predicted octanol–water partition coefficient (Wildman–Crippen LogP) is 2.85. The van der Waals surface area contributed by atoms with Crippen LogP contribution in [-0.4, -0.2) is 31.0 Å². The van der Waals surface area contributed by atoms with E-state index in [4.69, 9.17) is 5.14 Å². The van der Waals surface area contributed by atoms with Crippen LogP contribution in [0, 0.1) is 0 Å². The number of sulfonamides is 1. The Bertz CT molecular complexity index is 913. The third kappa shape index (κ3) is 4.88. The highest BCUT2D eigenvalue weighted by atomic mass is 32.2. The van der Waals surface area contributed by atoms with Crippen LogP contribution < -0.4 is 10.5 Å². The zero-order valence-corrected chi connectivity index (χ0v) is 16.1. The number of benzene rings is 2. The first-order valence-electron chi connectivity index (χ1n) is 7.76. The fourth-order valence-electron chi connectivity index (χ4n) is 2.32. The summed E-state index contributed by atoms with van der Waals surface area (Å²) < 4.78 is 23.6. The van der Waals surface area contributed by atoms with Crippen molar-refractivity contribution in [2.24, 2.45) is 10.1 Å². The molecule has 2 aromatic carbocycles. The number of nitrogens with two attached hydrogens (primary N) is 1. The molecule has 1 aliphatic rings. The van der Waals surface area contributed by atoms with Gasteiger partial charge in [-0.3, -0.25) is 9.79 Å². The van der Waals surface area contributed by atoms with Gasteiger partial charge in [0.05, 0.1) is 11.4 Å². The van der Waals surface area contributed by atoms with E-state index in [0.717, 1.165) is 22.2 Å². The minimum Gasteiger partial charge on any atom is -0.325 e. The minimum atomic E-state index is -3.76. The lowest BCUT2D eigenvalue weighted by atomic mass is 10.1. The molecule has 136 valence electrons. The molecule has 26 heavy (non-hydrogen) atoms. The molecule has 0 unspecified atom stereocenters. The number of hydrogen-bond acceptors (Lipinski definition) is 6. The maximum atomic E-state index is 12.8. The number of aliphatic imine (C=N–C) groups is 1. The van der Waals surface area contributed by atoms with E-state index in [1.165, 1.54) is 36.0 Å². The molecule has 0 spiro atoms. The molecule has 1 atom stereocenters. The molecule has 0 aromatic heterocycles. The van der Waals surface area contributed by atoms with Crippen molar-refractivity contribution < 1.29 is 13.2 Å². The standard InChI is InChI=1S/C17H17N3O3S3/c18-26(22,23)14-8-6-13(7-9-14)20-16(21)15(12-4-2-1-3-5-12)25-17-19-10-11-24-17/h1-9,15H,10-11H2,(H,20,21)(H2,18,22,23)/t15-/m0/s1. The maximum absolute atomic E-state index is 12.8. The van der Waals surface area contributed by atoms with E-state index in [0.29, 0.717) is 5.69 Å². The van der Waals surface area contributed by atoms with Crippen molar-refractivity contribution >= 4 is 49.5 Å². The van der Waals surface area contributed by atoms with Crippen LogP contribution in [0.25, 0.3) is 0 Å². The van der Waals surface area contributed by atoms with E-state index < -0.39 is 15.3 Å².